The Kier molecular flexibility index (Phi) is 2.65. The highest BCUT2D eigenvalue weighted by Gasteiger charge is 2.47. The van der Waals surface area contributed by atoms with Crippen LogP contribution >= 0.6 is 0 Å². The zero-order valence-electron chi connectivity index (χ0n) is 9.48. The van der Waals surface area contributed by atoms with Gasteiger partial charge in [0.25, 0.3) is 0 Å². The molecule has 0 unspecified atom stereocenters. The van der Waals surface area contributed by atoms with Crippen molar-refractivity contribution in [2.45, 2.75) is 18.3 Å². The highest BCUT2D eigenvalue weighted by molar-refractivity contribution is 5.26. The molecular weight excluding hydrogens is 200 g/mol. The summed E-state index contributed by atoms with van der Waals surface area (Å²) in [5.41, 5.74) is 1.63. The molecule has 0 aromatic carbocycles. The summed E-state index contributed by atoms with van der Waals surface area (Å²) in [7, 11) is 0. The second kappa shape index (κ2) is 4.15. The molecule has 3 heterocycles. The largest absolute Gasteiger partial charge is 0.379 e. The third-order valence-electron chi connectivity index (χ3n) is 4.08. The third-order valence-corrected chi connectivity index (χ3v) is 4.08. The summed E-state index contributed by atoms with van der Waals surface area (Å²) in [5, 5.41) is 3.43. The number of hydrogen-bond acceptors (Lipinski definition) is 3. The van der Waals surface area contributed by atoms with Crippen molar-refractivity contribution in [2.24, 2.45) is 5.92 Å². The number of ether oxygens (including phenoxy) is 1. The van der Waals surface area contributed by atoms with E-state index in [1.807, 2.05) is 18.5 Å². The molecule has 0 radical (unpaired) electrons. The van der Waals surface area contributed by atoms with Crippen LogP contribution < -0.4 is 5.32 Å². The molecule has 86 valence electrons. The quantitative estimate of drug-likeness (QED) is 0.813. The van der Waals surface area contributed by atoms with Crippen molar-refractivity contribution in [3.63, 3.8) is 0 Å². The summed E-state index contributed by atoms with van der Waals surface area (Å²) in [6.07, 6.45) is 6.39. The van der Waals surface area contributed by atoms with Crippen LogP contribution in [0, 0.1) is 5.92 Å². The highest BCUT2D eigenvalue weighted by Crippen LogP contribution is 2.42. The van der Waals surface area contributed by atoms with E-state index in [1.54, 1.807) is 0 Å². The van der Waals surface area contributed by atoms with Crippen molar-refractivity contribution >= 4 is 0 Å². The fraction of sp³-hybridized carbons (Fsp3) is 0.615. The molecule has 16 heavy (non-hydrogen) atoms. The maximum absolute atomic E-state index is 5.50. The van der Waals surface area contributed by atoms with E-state index in [0.717, 1.165) is 32.2 Å². The van der Waals surface area contributed by atoms with Crippen LogP contribution in [0.15, 0.2) is 24.5 Å². The lowest BCUT2D eigenvalue weighted by Crippen LogP contribution is -2.54. The Labute approximate surface area is 96.2 Å². The van der Waals surface area contributed by atoms with Gasteiger partial charge in [0.1, 0.15) is 0 Å². The molecule has 0 aliphatic carbocycles. The molecule has 0 bridgehead atoms. The van der Waals surface area contributed by atoms with Gasteiger partial charge in [0.15, 0.2) is 0 Å². The van der Waals surface area contributed by atoms with E-state index >= 15 is 0 Å². The Morgan fingerprint density at radius 3 is 2.69 bits per heavy atom. The first-order chi connectivity index (χ1) is 7.92. The van der Waals surface area contributed by atoms with Gasteiger partial charge >= 0.3 is 0 Å². The van der Waals surface area contributed by atoms with Gasteiger partial charge in [-0.1, -0.05) is 6.07 Å². The smallest absolute Gasteiger partial charge is 0.0588 e. The minimum Gasteiger partial charge on any atom is -0.379 e. The third kappa shape index (κ3) is 1.55. The fourth-order valence-corrected chi connectivity index (χ4v) is 2.99. The Morgan fingerprint density at radius 2 is 2.12 bits per heavy atom. The predicted octanol–water partition coefficient (Wildman–Crippen LogP) is 1.35. The van der Waals surface area contributed by atoms with Crippen LogP contribution in [0.25, 0.3) is 0 Å². The molecule has 0 saturated carbocycles. The molecule has 3 nitrogen and oxygen atoms in total. The average molecular weight is 218 g/mol. The van der Waals surface area contributed by atoms with Crippen LogP contribution in [0.2, 0.25) is 0 Å². The monoisotopic (exact) mass is 218 g/mol. The summed E-state index contributed by atoms with van der Waals surface area (Å²) < 4.78 is 5.50. The van der Waals surface area contributed by atoms with Gasteiger partial charge in [-0.2, -0.15) is 0 Å². The molecule has 0 spiro atoms. The summed E-state index contributed by atoms with van der Waals surface area (Å²) in [6.45, 7) is 4.05. The van der Waals surface area contributed by atoms with Crippen LogP contribution in [-0.2, 0) is 10.2 Å². The number of hydrogen-bond donors (Lipinski definition) is 1. The zero-order valence-corrected chi connectivity index (χ0v) is 9.48. The second-order valence-corrected chi connectivity index (χ2v) is 4.91. The summed E-state index contributed by atoms with van der Waals surface area (Å²) in [5.74, 6) is 0.756. The van der Waals surface area contributed by atoms with E-state index in [9.17, 15) is 0 Å². The number of nitrogens with one attached hydrogen (secondary N) is 1. The number of piperidine rings is 1. The average Bonchev–Trinajstić information content (AvgIpc) is 2.31. The zero-order chi connectivity index (χ0) is 10.8. The van der Waals surface area contributed by atoms with Gasteiger partial charge in [0.2, 0.25) is 0 Å². The molecule has 2 saturated heterocycles. The van der Waals surface area contributed by atoms with E-state index in [-0.39, 0.29) is 5.41 Å². The van der Waals surface area contributed by atoms with Gasteiger partial charge in [-0.05, 0) is 43.5 Å². The van der Waals surface area contributed by atoms with E-state index in [2.05, 4.69) is 16.4 Å². The Balaban J connectivity index is 1.87. The van der Waals surface area contributed by atoms with E-state index in [1.165, 1.54) is 18.4 Å². The molecule has 3 rings (SSSR count). The number of pyridine rings is 1. The maximum Gasteiger partial charge on any atom is 0.0588 e. The summed E-state index contributed by atoms with van der Waals surface area (Å²) in [6, 6.07) is 4.24. The van der Waals surface area contributed by atoms with Crippen LogP contribution in [0.5, 0.6) is 0 Å². The first-order valence-corrected chi connectivity index (χ1v) is 6.11. The van der Waals surface area contributed by atoms with Crippen molar-refractivity contribution in [3.8, 4) is 0 Å². The number of aromatic nitrogens is 1. The van der Waals surface area contributed by atoms with Crippen molar-refractivity contribution in [2.75, 3.05) is 26.3 Å². The lowest BCUT2D eigenvalue weighted by molar-refractivity contribution is -0.0965. The molecule has 1 N–H and O–H groups in total. The minimum atomic E-state index is 0.260. The first-order valence-electron chi connectivity index (χ1n) is 6.11. The predicted molar refractivity (Wildman–Crippen MR) is 62.3 cm³/mol. The molecule has 0 amide bonds. The Hall–Kier alpha value is -0.930. The molecule has 2 fully saturated rings. The van der Waals surface area contributed by atoms with Gasteiger partial charge in [-0.25, -0.2) is 0 Å². The van der Waals surface area contributed by atoms with Gasteiger partial charge in [0, 0.05) is 17.8 Å². The van der Waals surface area contributed by atoms with E-state index in [0.29, 0.717) is 0 Å². The van der Waals surface area contributed by atoms with Gasteiger partial charge in [-0.3, -0.25) is 4.98 Å². The molecule has 0 atom stereocenters. The highest BCUT2D eigenvalue weighted by atomic mass is 16.5. The SMILES string of the molecule is c1cncc(C2(C3CCNCC3)COC2)c1. The van der Waals surface area contributed by atoms with Crippen LogP contribution in [0.4, 0.5) is 0 Å². The fourth-order valence-electron chi connectivity index (χ4n) is 2.99. The molecule has 1 aromatic heterocycles. The first kappa shape index (κ1) is 10.2. The minimum absolute atomic E-state index is 0.260. The topological polar surface area (TPSA) is 34.2 Å². The Morgan fingerprint density at radius 1 is 1.31 bits per heavy atom. The Bertz CT molecular complexity index is 342. The molecular formula is C13H18N2O. The van der Waals surface area contributed by atoms with Crippen molar-refractivity contribution < 1.29 is 4.74 Å². The van der Waals surface area contributed by atoms with E-state index < -0.39 is 0 Å². The van der Waals surface area contributed by atoms with Crippen LogP contribution in [-0.4, -0.2) is 31.3 Å². The van der Waals surface area contributed by atoms with E-state index in [4.69, 9.17) is 4.74 Å². The number of rotatable bonds is 2. The van der Waals surface area contributed by atoms with Gasteiger partial charge in [-0.15, -0.1) is 0 Å². The van der Waals surface area contributed by atoms with Crippen molar-refractivity contribution in [3.05, 3.63) is 30.1 Å². The second-order valence-electron chi connectivity index (χ2n) is 4.91. The maximum atomic E-state index is 5.50. The molecule has 2 aliphatic rings. The lowest BCUT2D eigenvalue weighted by atomic mass is 9.66. The standard InChI is InChI=1S/C13H18N2O/c1-2-12(8-15-5-1)13(9-16-10-13)11-3-6-14-7-4-11/h1-2,5,8,11,14H,3-4,6-7,9-10H2. The molecule has 2 aliphatic heterocycles. The van der Waals surface area contributed by atoms with Crippen molar-refractivity contribution in [1.29, 1.82) is 0 Å². The number of nitrogens with zero attached hydrogens (tertiary/aromatic N) is 1. The van der Waals surface area contributed by atoms with Gasteiger partial charge in [0.05, 0.1) is 13.2 Å². The van der Waals surface area contributed by atoms with Crippen LogP contribution in [0.3, 0.4) is 0 Å². The lowest BCUT2D eigenvalue weighted by Gasteiger charge is -2.49. The van der Waals surface area contributed by atoms with Crippen LogP contribution in [0.1, 0.15) is 18.4 Å². The molecule has 3 heteroatoms. The van der Waals surface area contributed by atoms with Gasteiger partial charge < -0.3 is 10.1 Å². The normalized spacial score (nSPS) is 25.0. The van der Waals surface area contributed by atoms with Crippen molar-refractivity contribution in [1.82, 2.24) is 10.3 Å². The summed E-state index contributed by atoms with van der Waals surface area (Å²) in [4.78, 5) is 4.26. The molecule has 1 aromatic rings. The summed E-state index contributed by atoms with van der Waals surface area (Å²) >= 11 is 0.